The third-order valence-electron chi connectivity index (χ3n) is 4.12. The lowest BCUT2D eigenvalue weighted by Crippen LogP contribution is -2.44. The van der Waals surface area contributed by atoms with Crippen molar-refractivity contribution in [3.05, 3.63) is 35.7 Å². The Kier molecular flexibility index (Phi) is 4.31. The lowest BCUT2D eigenvalue weighted by molar-refractivity contribution is 0.182. The lowest BCUT2D eigenvalue weighted by Gasteiger charge is -2.31. The molecule has 1 N–H and O–H groups in total. The molecule has 3 rings (SSSR count). The van der Waals surface area contributed by atoms with Gasteiger partial charge in [-0.25, -0.2) is 0 Å². The number of aryl methyl sites for hydroxylation is 1. The van der Waals surface area contributed by atoms with E-state index in [1.165, 1.54) is 12.8 Å². The maximum absolute atomic E-state index is 5.42. The van der Waals surface area contributed by atoms with Gasteiger partial charge in [0, 0.05) is 18.2 Å². The van der Waals surface area contributed by atoms with Crippen LogP contribution in [0, 0.1) is 6.92 Å². The van der Waals surface area contributed by atoms with E-state index in [1.54, 1.807) is 0 Å². The van der Waals surface area contributed by atoms with E-state index in [0.29, 0.717) is 11.9 Å². The van der Waals surface area contributed by atoms with Crippen LogP contribution in [0.3, 0.4) is 0 Å². The van der Waals surface area contributed by atoms with E-state index in [4.69, 9.17) is 4.52 Å². The van der Waals surface area contributed by atoms with Crippen LogP contribution in [0.5, 0.6) is 0 Å². The molecule has 5 nitrogen and oxygen atoms in total. The second-order valence-corrected chi connectivity index (χ2v) is 5.69. The van der Waals surface area contributed by atoms with Crippen LogP contribution in [0.15, 0.2) is 28.8 Å². The molecule has 5 heteroatoms. The number of piperidine rings is 1. The van der Waals surface area contributed by atoms with Crippen LogP contribution in [0.25, 0.3) is 11.5 Å². The summed E-state index contributed by atoms with van der Waals surface area (Å²) in [7, 11) is 2.03. The van der Waals surface area contributed by atoms with Gasteiger partial charge in [-0.05, 0) is 45.0 Å². The first-order valence-corrected chi connectivity index (χ1v) is 7.54. The predicted octanol–water partition coefficient (Wildman–Crippen LogP) is 2.23. The van der Waals surface area contributed by atoms with Gasteiger partial charge in [0.1, 0.15) is 0 Å². The first kappa shape index (κ1) is 14.2. The van der Waals surface area contributed by atoms with E-state index in [0.717, 1.165) is 36.6 Å². The van der Waals surface area contributed by atoms with Gasteiger partial charge in [0.15, 0.2) is 5.82 Å². The highest BCUT2D eigenvalue weighted by Crippen LogP contribution is 2.21. The molecule has 2 aromatic rings. The minimum Gasteiger partial charge on any atom is -0.334 e. The van der Waals surface area contributed by atoms with Crippen molar-refractivity contribution in [3.8, 4) is 11.5 Å². The fraction of sp³-hybridized carbons (Fsp3) is 0.500. The van der Waals surface area contributed by atoms with Crippen molar-refractivity contribution in [2.24, 2.45) is 0 Å². The van der Waals surface area contributed by atoms with Crippen LogP contribution in [-0.4, -0.2) is 41.2 Å². The molecule has 21 heavy (non-hydrogen) atoms. The molecule has 2 heterocycles. The van der Waals surface area contributed by atoms with Gasteiger partial charge < -0.3 is 9.84 Å². The number of hydrogen-bond donors (Lipinski definition) is 1. The summed E-state index contributed by atoms with van der Waals surface area (Å²) in [4.78, 5) is 6.93. The summed E-state index contributed by atoms with van der Waals surface area (Å²) in [6.07, 6.45) is 2.46. The standard InChI is InChI=1S/C16H22N4O/c1-12-6-3-4-8-14(12)16-18-15(19-21-16)11-20-9-5-7-13(10-20)17-2/h3-4,6,8,13,17H,5,7,9-11H2,1-2H3. The summed E-state index contributed by atoms with van der Waals surface area (Å²) < 4.78 is 5.42. The normalized spacial score (nSPS) is 19.8. The maximum Gasteiger partial charge on any atom is 0.258 e. The van der Waals surface area contributed by atoms with E-state index in [-0.39, 0.29) is 0 Å². The number of aromatic nitrogens is 2. The highest BCUT2D eigenvalue weighted by atomic mass is 16.5. The molecule has 0 spiro atoms. The Hall–Kier alpha value is -1.72. The molecule has 1 aromatic carbocycles. The molecular formula is C16H22N4O. The predicted molar refractivity (Wildman–Crippen MR) is 81.8 cm³/mol. The topological polar surface area (TPSA) is 54.2 Å². The van der Waals surface area contributed by atoms with E-state index < -0.39 is 0 Å². The highest BCUT2D eigenvalue weighted by molar-refractivity contribution is 5.57. The molecule has 0 bridgehead atoms. The summed E-state index contributed by atoms with van der Waals surface area (Å²) in [5.74, 6) is 1.38. The first-order valence-electron chi connectivity index (χ1n) is 7.54. The summed E-state index contributed by atoms with van der Waals surface area (Å²) in [6.45, 7) is 4.96. The van der Waals surface area contributed by atoms with E-state index >= 15 is 0 Å². The van der Waals surface area contributed by atoms with Crippen molar-refractivity contribution < 1.29 is 4.52 Å². The summed E-state index contributed by atoms with van der Waals surface area (Å²) in [5, 5.41) is 7.48. The highest BCUT2D eigenvalue weighted by Gasteiger charge is 2.20. The SMILES string of the molecule is CNC1CCCN(Cc2noc(-c3ccccc3C)n2)C1. The van der Waals surface area contributed by atoms with Crippen molar-refractivity contribution >= 4 is 0 Å². The smallest absolute Gasteiger partial charge is 0.258 e. The fourth-order valence-corrected chi connectivity index (χ4v) is 2.88. The molecule has 1 aliphatic heterocycles. The number of likely N-dealkylation sites (tertiary alicyclic amines) is 1. The van der Waals surface area contributed by atoms with E-state index in [1.807, 2.05) is 25.2 Å². The molecule has 1 atom stereocenters. The van der Waals surface area contributed by atoms with Crippen LogP contribution in [0.4, 0.5) is 0 Å². The largest absolute Gasteiger partial charge is 0.334 e. The van der Waals surface area contributed by atoms with Gasteiger partial charge in [0.25, 0.3) is 5.89 Å². The average molecular weight is 286 g/mol. The monoisotopic (exact) mass is 286 g/mol. The van der Waals surface area contributed by atoms with Crippen molar-refractivity contribution in [1.82, 2.24) is 20.4 Å². The summed E-state index contributed by atoms with van der Waals surface area (Å²) >= 11 is 0. The number of nitrogens with one attached hydrogen (secondary N) is 1. The maximum atomic E-state index is 5.42. The third-order valence-corrected chi connectivity index (χ3v) is 4.12. The molecule has 0 saturated carbocycles. The minimum absolute atomic E-state index is 0.571. The zero-order valence-corrected chi connectivity index (χ0v) is 12.7. The van der Waals surface area contributed by atoms with Crippen LogP contribution < -0.4 is 5.32 Å². The summed E-state index contributed by atoms with van der Waals surface area (Å²) in [6, 6.07) is 8.66. The van der Waals surface area contributed by atoms with Gasteiger partial charge >= 0.3 is 0 Å². The molecule has 1 aromatic heterocycles. The minimum atomic E-state index is 0.571. The fourth-order valence-electron chi connectivity index (χ4n) is 2.88. The van der Waals surface area contributed by atoms with Gasteiger partial charge in [0.2, 0.25) is 0 Å². The van der Waals surface area contributed by atoms with Crippen molar-refractivity contribution in [2.75, 3.05) is 20.1 Å². The van der Waals surface area contributed by atoms with Crippen molar-refractivity contribution in [3.63, 3.8) is 0 Å². The molecular weight excluding hydrogens is 264 g/mol. The second kappa shape index (κ2) is 6.37. The number of likely N-dealkylation sites (N-methyl/N-ethyl adjacent to an activating group) is 1. The number of benzene rings is 1. The van der Waals surface area contributed by atoms with E-state index in [9.17, 15) is 0 Å². The number of hydrogen-bond acceptors (Lipinski definition) is 5. The molecule has 1 aliphatic rings. The zero-order chi connectivity index (χ0) is 14.7. The molecule has 1 unspecified atom stereocenters. The van der Waals surface area contributed by atoms with Crippen molar-refractivity contribution in [2.45, 2.75) is 32.4 Å². The van der Waals surface area contributed by atoms with Gasteiger partial charge in [-0.15, -0.1) is 0 Å². The molecule has 1 saturated heterocycles. The van der Waals surface area contributed by atoms with Crippen LogP contribution in [-0.2, 0) is 6.54 Å². The average Bonchev–Trinajstić information content (AvgIpc) is 2.96. The van der Waals surface area contributed by atoms with Crippen LogP contribution in [0.2, 0.25) is 0 Å². The second-order valence-electron chi connectivity index (χ2n) is 5.69. The Labute approximate surface area is 125 Å². The lowest BCUT2D eigenvalue weighted by atomic mass is 10.1. The quantitative estimate of drug-likeness (QED) is 0.934. The van der Waals surface area contributed by atoms with Gasteiger partial charge in [-0.3, -0.25) is 4.90 Å². The Bertz CT molecular complexity index is 595. The summed E-state index contributed by atoms with van der Waals surface area (Å²) in [5.41, 5.74) is 2.17. The molecule has 1 fully saturated rings. The Morgan fingerprint density at radius 2 is 2.24 bits per heavy atom. The molecule has 0 amide bonds. The Morgan fingerprint density at radius 3 is 3.05 bits per heavy atom. The van der Waals surface area contributed by atoms with Gasteiger partial charge in [-0.2, -0.15) is 4.98 Å². The molecule has 0 aliphatic carbocycles. The van der Waals surface area contributed by atoms with Crippen LogP contribution >= 0.6 is 0 Å². The zero-order valence-electron chi connectivity index (χ0n) is 12.7. The molecule has 0 radical (unpaired) electrons. The van der Waals surface area contributed by atoms with Crippen molar-refractivity contribution in [1.29, 1.82) is 0 Å². The van der Waals surface area contributed by atoms with Gasteiger partial charge in [0.05, 0.1) is 6.54 Å². The Balaban J connectivity index is 1.69. The van der Waals surface area contributed by atoms with E-state index in [2.05, 4.69) is 33.3 Å². The van der Waals surface area contributed by atoms with Crippen LogP contribution in [0.1, 0.15) is 24.2 Å². The number of nitrogens with zero attached hydrogens (tertiary/aromatic N) is 3. The third kappa shape index (κ3) is 3.31. The van der Waals surface area contributed by atoms with Gasteiger partial charge in [-0.1, -0.05) is 23.4 Å². The first-order chi connectivity index (χ1) is 10.3. The molecule has 112 valence electrons. The number of rotatable bonds is 4. The Morgan fingerprint density at radius 1 is 1.38 bits per heavy atom.